The van der Waals surface area contributed by atoms with Crippen LogP contribution in [0.1, 0.15) is 37.3 Å². The van der Waals surface area contributed by atoms with Crippen LogP contribution in [0.5, 0.6) is 0 Å². The van der Waals surface area contributed by atoms with Gasteiger partial charge in [-0.05, 0) is 17.5 Å². The average molecular weight is 250 g/mol. The van der Waals surface area contributed by atoms with Crippen molar-refractivity contribution in [3.8, 4) is 0 Å². The number of allylic oxidation sites excluding steroid dienone is 1. The molecule has 0 atom stereocenters. The van der Waals surface area contributed by atoms with E-state index in [-0.39, 0.29) is 6.42 Å². The van der Waals surface area contributed by atoms with E-state index in [1.807, 2.05) is 24.3 Å². The van der Waals surface area contributed by atoms with Crippen molar-refractivity contribution in [2.24, 2.45) is 0 Å². The van der Waals surface area contributed by atoms with Crippen LogP contribution in [0.15, 0.2) is 30.3 Å². The Morgan fingerprint density at radius 1 is 1.33 bits per heavy atom. The molecule has 2 N–H and O–H groups in total. The van der Waals surface area contributed by atoms with E-state index < -0.39 is 5.97 Å². The Morgan fingerprint density at radius 2 is 2.06 bits per heavy atom. The molecule has 0 amide bonds. The van der Waals surface area contributed by atoms with Crippen molar-refractivity contribution in [2.45, 2.75) is 32.6 Å². The van der Waals surface area contributed by atoms with E-state index in [0.717, 1.165) is 24.7 Å². The molecule has 0 radical (unpaired) electrons. The highest BCUT2D eigenvalue weighted by atomic mass is 16.4. The van der Waals surface area contributed by atoms with Crippen molar-refractivity contribution in [1.82, 2.24) is 0 Å². The van der Waals surface area contributed by atoms with E-state index in [9.17, 15) is 4.79 Å². The molecule has 1 aromatic rings. The lowest BCUT2D eigenvalue weighted by Gasteiger charge is -1.99. The minimum absolute atomic E-state index is 0.0939. The normalized spacial score (nSPS) is 9.94. The molecule has 0 spiro atoms. The van der Waals surface area contributed by atoms with Gasteiger partial charge in [-0.25, -0.2) is 0 Å². The molecule has 0 aliphatic carbocycles. The van der Waals surface area contributed by atoms with Crippen LogP contribution in [0.2, 0.25) is 0 Å². The van der Waals surface area contributed by atoms with Gasteiger partial charge in [0.05, 0.1) is 6.42 Å². The number of unbranched alkanes of at least 4 members (excludes halogenated alkanes) is 2. The van der Waals surface area contributed by atoms with Crippen LogP contribution in [0.25, 0.3) is 6.08 Å². The number of rotatable bonds is 6. The highest BCUT2D eigenvalue weighted by Crippen LogP contribution is 2.09. The third kappa shape index (κ3) is 7.63. The molecule has 0 aliphatic rings. The zero-order valence-electron chi connectivity index (χ0n) is 11.1. The number of carboxylic acid groups (broad SMARTS) is 1. The van der Waals surface area contributed by atoms with Crippen molar-refractivity contribution in [3.05, 3.63) is 41.5 Å². The van der Waals surface area contributed by atoms with Gasteiger partial charge in [-0.15, -0.1) is 0 Å². The lowest BCUT2D eigenvalue weighted by atomic mass is 10.1. The first-order valence-corrected chi connectivity index (χ1v) is 6.14. The summed E-state index contributed by atoms with van der Waals surface area (Å²) in [6.45, 7) is 2.17. The van der Waals surface area contributed by atoms with E-state index in [0.29, 0.717) is 0 Å². The first kappa shape index (κ1) is 16.4. The molecule has 3 nitrogen and oxygen atoms in total. The molecule has 100 valence electrons. The SMILES string of the molecule is CCCC/C=C/c1cccc(CC(=O)O)c1.CO. The zero-order chi connectivity index (χ0) is 13.8. The monoisotopic (exact) mass is 250 g/mol. The largest absolute Gasteiger partial charge is 0.481 e. The van der Waals surface area contributed by atoms with E-state index in [4.69, 9.17) is 10.2 Å². The van der Waals surface area contributed by atoms with Crippen molar-refractivity contribution in [2.75, 3.05) is 7.11 Å². The fraction of sp³-hybridized carbons (Fsp3) is 0.400. The predicted molar refractivity (Wildman–Crippen MR) is 74.5 cm³/mol. The second kappa shape index (κ2) is 10.5. The summed E-state index contributed by atoms with van der Waals surface area (Å²) < 4.78 is 0. The standard InChI is InChI=1S/C14H18O2.CH4O/c1-2-3-4-5-7-12-8-6-9-13(10-12)11-14(15)16;1-2/h5-10H,2-4,11H2,1H3,(H,15,16);2H,1H3/b7-5+;. The van der Waals surface area contributed by atoms with Gasteiger partial charge in [-0.1, -0.05) is 56.2 Å². The molecule has 0 heterocycles. The number of aliphatic carboxylic acids is 1. The van der Waals surface area contributed by atoms with Gasteiger partial charge in [-0.2, -0.15) is 0 Å². The van der Waals surface area contributed by atoms with Gasteiger partial charge in [0.2, 0.25) is 0 Å². The molecule has 1 rings (SSSR count). The fourth-order valence-corrected chi connectivity index (χ4v) is 1.52. The third-order valence-electron chi connectivity index (χ3n) is 2.34. The minimum Gasteiger partial charge on any atom is -0.481 e. The van der Waals surface area contributed by atoms with Crippen LogP contribution < -0.4 is 0 Å². The number of hydrogen-bond acceptors (Lipinski definition) is 2. The minimum atomic E-state index is -0.785. The highest BCUT2D eigenvalue weighted by molar-refractivity contribution is 5.70. The molecule has 0 saturated heterocycles. The Balaban J connectivity index is 0.00000137. The van der Waals surface area contributed by atoms with Crippen LogP contribution >= 0.6 is 0 Å². The lowest BCUT2D eigenvalue weighted by molar-refractivity contribution is -0.136. The highest BCUT2D eigenvalue weighted by Gasteiger charge is 1.99. The number of hydrogen-bond donors (Lipinski definition) is 2. The molecule has 0 fully saturated rings. The van der Waals surface area contributed by atoms with Crippen LogP contribution in [-0.4, -0.2) is 23.3 Å². The van der Waals surface area contributed by atoms with Gasteiger partial charge in [0, 0.05) is 7.11 Å². The van der Waals surface area contributed by atoms with Crippen LogP contribution in [0.3, 0.4) is 0 Å². The first-order chi connectivity index (χ1) is 8.72. The molecule has 18 heavy (non-hydrogen) atoms. The maximum atomic E-state index is 10.6. The summed E-state index contributed by atoms with van der Waals surface area (Å²) in [7, 11) is 1.00. The lowest BCUT2D eigenvalue weighted by Crippen LogP contribution is -1.99. The number of benzene rings is 1. The summed E-state index contributed by atoms with van der Waals surface area (Å²) >= 11 is 0. The summed E-state index contributed by atoms with van der Waals surface area (Å²) in [5, 5.41) is 15.7. The third-order valence-corrected chi connectivity index (χ3v) is 2.34. The average Bonchev–Trinajstić information content (AvgIpc) is 2.37. The van der Waals surface area contributed by atoms with Crippen molar-refractivity contribution in [1.29, 1.82) is 0 Å². The second-order valence-electron chi connectivity index (χ2n) is 3.86. The maximum absolute atomic E-state index is 10.6. The van der Waals surface area contributed by atoms with E-state index in [1.165, 1.54) is 12.8 Å². The van der Waals surface area contributed by atoms with Gasteiger partial charge in [0.15, 0.2) is 0 Å². The van der Waals surface area contributed by atoms with Crippen LogP contribution in [0.4, 0.5) is 0 Å². The molecule has 1 aromatic carbocycles. The number of aliphatic hydroxyl groups excluding tert-OH is 1. The summed E-state index contributed by atoms with van der Waals surface area (Å²) in [6, 6.07) is 7.67. The molecular formula is C15H22O3. The van der Waals surface area contributed by atoms with Gasteiger partial charge in [0.25, 0.3) is 0 Å². The number of carboxylic acids is 1. The van der Waals surface area contributed by atoms with Crippen molar-refractivity contribution >= 4 is 12.0 Å². The van der Waals surface area contributed by atoms with E-state index in [1.54, 1.807) is 0 Å². The summed E-state index contributed by atoms with van der Waals surface area (Å²) in [4.78, 5) is 10.6. The quantitative estimate of drug-likeness (QED) is 0.763. The predicted octanol–water partition coefficient (Wildman–Crippen LogP) is 3.13. The van der Waals surface area contributed by atoms with Crippen LogP contribution in [-0.2, 0) is 11.2 Å². The Kier molecular flexibility index (Phi) is 9.60. The van der Waals surface area contributed by atoms with Gasteiger partial charge in [-0.3, -0.25) is 4.79 Å². The van der Waals surface area contributed by atoms with Gasteiger partial charge in [0.1, 0.15) is 0 Å². The topological polar surface area (TPSA) is 57.5 Å². The Bertz CT molecular complexity index is 370. The molecule has 0 saturated carbocycles. The summed E-state index contributed by atoms with van der Waals surface area (Å²) in [6.07, 6.45) is 7.77. The van der Waals surface area contributed by atoms with Crippen molar-refractivity contribution < 1.29 is 15.0 Å². The Hall–Kier alpha value is -1.61. The van der Waals surface area contributed by atoms with Crippen molar-refractivity contribution in [3.63, 3.8) is 0 Å². The summed E-state index contributed by atoms with van der Waals surface area (Å²) in [5.41, 5.74) is 1.93. The van der Waals surface area contributed by atoms with Gasteiger partial charge >= 0.3 is 5.97 Å². The van der Waals surface area contributed by atoms with E-state index in [2.05, 4.69) is 19.1 Å². The number of carbonyl (C=O) groups is 1. The molecule has 3 heteroatoms. The van der Waals surface area contributed by atoms with Crippen LogP contribution in [0, 0.1) is 0 Å². The fourth-order valence-electron chi connectivity index (χ4n) is 1.52. The molecule has 0 unspecified atom stereocenters. The summed E-state index contributed by atoms with van der Waals surface area (Å²) in [5.74, 6) is -0.785. The molecule has 0 aromatic heterocycles. The molecule has 0 aliphatic heterocycles. The maximum Gasteiger partial charge on any atom is 0.307 e. The zero-order valence-corrected chi connectivity index (χ0v) is 11.1. The Morgan fingerprint density at radius 3 is 2.67 bits per heavy atom. The Labute approximate surface area is 109 Å². The smallest absolute Gasteiger partial charge is 0.307 e. The van der Waals surface area contributed by atoms with Gasteiger partial charge < -0.3 is 10.2 Å². The number of aliphatic hydroxyl groups is 1. The first-order valence-electron chi connectivity index (χ1n) is 6.14. The van der Waals surface area contributed by atoms with E-state index >= 15 is 0 Å². The molecular weight excluding hydrogens is 228 g/mol. The second-order valence-corrected chi connectivity index (χ2v) is 3.86. The molecule has 0 bridgehead atoms.